The average Bonchev–Trinajstić information content (AvgIpc) is 3.60. The SMILES string of the molecule is CC(NCc1nnc(C2CC2)n1C1CC1)c1nc(-c2cccc(F)c2)no1. The van der Waals surface area contributed by atoms with Crippen molar-refractivity contribution in [2.75, 3.05) is 0 Å². The molecule has 2 saturated carbocycles. The highest BCUT2D eigenvalue weighted by Crippen LogP contribution is 2.44. The van der Waals surface area contributed by atoms with Crippen molar-refractivity contribution in [3.63, 3.8) is 0 Å². The summed E-state index contributed by atoms with van der Waals surface area (Å²) in [4.78, 5) is 4.40. The first-order chi connectivity index (χ1) is 13.2. The van der Waals surface area contributed by atoms with Crippen LogP contribution in [-0.2, 0) is 6.54 Å². The monoisotopic (exact) mass is 368 g/mol. The first-order valence-corrected chi connectivity index (χ1v) is 9.45. The Bertz CT molecular complexity index is 959. The lowest BCUT2D eigenvalue weighted by Crippen LogP contribution is -2.21. The van der Waals surface area contributed by atoms with E-state index in [4.69, 9.17) is 4.52 Å². The van der Waals surface area contributed by atoms with Crippen molar-refractivity contribution in [3.05, 3.63) is 47.6 Å². The Morgan fingerprint density at radius 3 is 2.85 bits per heavy atom. The van der Waals surface area contributed by atoms with E-state index >= 15 is 0 Å². The van der Waals surface area contributed by atoms with Gasteiger partial charge in [-0.25, -0.2) is 4.39 Å². The Morgan fingerprint density at radius 2 is 2.11 bits per heavy atom. The normalized spacial score (nSPS) is 18.0. The summed E-state index contributed by atoms with van der Waals surface area (Å²) in [6.45, 7) is 2.55. The molecule has 0 saturated heterocycles. The molecule has 140 valence electrons. The van der Waals surface area contributed by atoms with Crippen LogP contribution < -0.4 is 5.32 Å². The van der Waals surface area contributed by atoms with Gasteiger partial charge in [0.05, 0.1) is 12.6 Å². The maximum atomic E-state index is 13.4. The Hall–Kier alpha value is -2.61. The molecule has 2 aromatic heterocycles. The molecule has 3 aromatic rings. The molecule has 0 aliphatic heterocycles. The third-order valence-electron chi connectivity index (χ3n) is 5.11. The summed E-state index contributed by atoms with van der Waals surface area (Å²) < 4.78 is 21.1. The fourth-order valence-corrected chi connectivity index (χ4v) is 3.30. The van der Waals surface area contributed by atoms with E-state index in [2.05, 4.69) is 30.2 Å². The molecule has 7 nitrogen and oxygen atoms in total. The van der Waals surface area contributed by atoms with E-state index in [9.17, 15) is 4.39 Å². The topological polar surface area (TPSA) is 81.7 Å². The number of hydrogen-bond donors (Lipinski definition) is 1. The number of benzene rings is 1. The van der Waals surface area contributed by atoms with E-state index < -0.39 is 0 Å². The van der Waals surface area contributed by atoms with Gasteiger partial charge in [0.15, 0.2) is 0 Å². The molecule has 2 fully saturated rings. The van der Waals surface area contributed by atoms with Gasteiger partial charge in [-0.3, -0.25) is 5.32 Å². The fourth-order valence-electron chi connectivity index (χ4n) is 3.30. The molecule has 2 aliphatic rings. The maximum Gasteiger partial charge on any atom is 0.243 e. The van der Waals surface area contributed by atoms with E-state index in [1.165, 1.54) is 37.8 Å². The molecule has 27 heavy (non-hydrogen) atoms. The van der Waals surface area contributed by atoms with Gasteiger partial charge in [-0.1, -0.05) is 17.3 Å². The number of rotatable bonds is 7. The van der Waals surface area contributed by atoms with E-state index in [0.29, 0.717) is 35.8 Å². The summed E-state index contributed by atoms with van der Waals surface area (Å²) >= 11 is 0. The number of nitrogens with zero attached hydrogens (tertiary/aromatic N) is 5. The quantitative estimate of drug-likeness (QED) is 0.687. The van der Waals surface area contributed by atoms with Gasteiger partial charge in [0.2, 0.25) is 11.7 Å². The van der Waals surface area contributed by atoms with E-state index in [1.54, 1.807) is 12.1 Å². The average molecular weight is 368 g/mol. The molecular formula is C19H21FN6O. The standard InChI is InChI=1S/C19H21FN6O/c1-11(19-22-17(25-27-19)13-3-2-4-14(20)9-13)21-10-16-23-24-18(12-5-6-12)26(16)15-7-8-15/h2-4,9,11-12,15,21H,5-8,10H2,1H3. The molecule has 5 rings (SSSR count). The molecule has 0 amide bonds. The molecule has 2 heterocycles. The van der Waals surface area contributed by atoms with Crippen LogP contribution in [0.1, 0.15) is 68.1 Å². The molecule has 0 radical (unpaired) electrons. The van der Waals surface area contributed by atoms with Crippen molar-refractivity contribution >= 4 is 0 Å². The van der Waals surface area contributed by atoms with Crippen molar-refractivity contribution in [1.29, 1.82) is 0 Å². The molecule has 0 bridgehead atoms. The Morgan fingerprint density at radius 1 is 1.26 bits per heavy atom. The summed E-state index contributed by atoms with van der Waals surface area (Å²) in [7, 11) is 0. The van der Waals surface area contributed by atoms with Crippen molar-refractivity contribution in [2.45, 2.75) is 57.2 Å². The summed E-state index contributed by atoms with van der Waals surface area (Å²) in [5.74, 6) is 3.23. The number of halogens is 1. The minimum absolute atomic E-state index is 0.145. The van der Waals surface area contributed by atoms with Crippen LogP contribution in [0.15, 0.2) is 28.8 Å². The lowest BCUT2D eigenvalue weighted by molar-refractivity contribution is 0.337. The maximum absolute atomic E-state index is 13.4. The second-order valence-electron chi connectivity index (χ2n) is 7.42. The summed E-state index contributed by atoms with van der Waals surface area (Å²) in [6.07, 6.45) is 4.86. The van der Waals surface area contributed by atoms with E-state index in [0.717, 1.165) is 11.6 Å². The van der Waals surface area contributed by atoms with Crippen LogP contribution in [0.2, 0.25) is 0 Å². The van der Waals surface area contributed by atoms with Crippen molar-refractivity contribution in [2.24, 2.45) is 0 Å². The lowest BCUT2D eigenvalue weighted by atomic mass is 10.2. The van der Waals surface area contributed by atoms with E-state index in [-0.39, 0.29) is 11.9 Å². The third kappa shape index (κ3) is 3.37. The molecule has 1 aromatic carbocycles. The minimum Gasteiger partial charge on any atom is -0.337 e. The largest absolute Gasteiger partial charge is 0.337 e. The number of aromatic nitrogens is 5. The van der Waals surface area contributed by atoms with Crippen LogP contribution in [0.5, 0.6) is 0 Å². The summed E-state index contributed by atoms with van der Waals surface area (Å²) in [5.41, 5.74) is 0.597. The minimum atomic E-state index is -0.323. The Labute approximate surface area is 156 Å². The summed E-state index contributed by atoms with van der Waals surface area (Å²) in [5, 5.41) is 16.2. The second kappa shape index (κ2) is 6.53. The van der Waals surface area contributed by atoms with Crippen molar-refractivity contribution in [3.8, 4) is 11.4 Å². The van der Waals surface area contributed by atoms with Gasteiger partial charge < -0.3 is 9.09 Å². The van der Waals surface area contributed by atoms with Crippen LogP contribution in [0.25, 0.3) is 11.4 Å². The molecule has 2 aliphatic carbocycles. The predicted molar refractivity (Wildman–Crippen MR) is 95.2 cm³/mol. The van der Waals surface area contributed by atoms with Gasteiger partial charge >= 0.3 is 0 Å². The fraction of sp³-hybridized carbons (Fsp3) is 0.474. The third-order valence-corrected chi connectivity index (χ3v) is 5.11. The summed E-state index contributed by atoms with van der Waals surface area (Å²) in [6, 6.07) is 6.59. The highest BCUT2D eigenvalue weighted by Gasteiger charge is 2.36. The lowest BCUT2D eigenvalue weighted by Gasteiger charge is -2.11. The van der Waals surface area contributed by atoms with Gasteiger partial charge in [-0.05, 0) is 44.7 Å². The van der Waals surface area contributed by atoms with Gasteiger partial charge in [0.25, 0.3) is 0 Å². The van der Waals surface area contributed by atoms with Crippen molar-refractivity contribution < 1.29 is 8.91 Å². The van der Waals surface area contributed by atoms with Crippen molar-refractivity contribution in [1.82, 2.24) is 30.2 Å². The zero-order valence-electron chi connectivity index (χ0n) is 15.1. The Balaban J connectivity index is 1.28. The molecule has 1 N–H and O–H groups in total. The van der Waals surface area contributed by atoms with Gasteiger partial charge in [0.1, 0.15) is 17.5 Å². The van der Waals surface area contributed by atoms with Gasteiger partial charge in [-0.2, -0.15) is 4.98 Å². The van der Waals surface area contributed by atoms with Gasteiger partial charge in [0, 0.05) is 17.5 Å². The molecule has 1 atom stereocenters. The zero-order valence-corrected chi connectivity index (χ0v) is 15.1. The Kier molecular flexibility index (Phi) is 4.00. The van der Waals surface area contributed by atoms with Crippen LogP contribution in [0.3, 0.4) is 0 Å². The predicted octanol–water partition coefficient (Wildman–Crippen LogP) is 3.53. The second-order valence-corrected chi connectivity index (χ2v) is 7.42. The zero-order chi connectivity index (χ0) is 18.4. The molecule has 0 spiro atoms. The first kappa shape index (κ1) is 16.6. The highest BCUT2D eigenvalue weighted by molar-refractivity contribution is 5.53. The number of hydrogen-bond acceptors (Lipinski definition) is 6. The first-order valence-electron chi connectivity index (χ1n) is 9.45. The molecule has 1 unspecified atom stereocenters. The molecule has 8 heteroatoms. The smallest absolute Gasteiger partial charge is 0.243 e. The number of nitrogens with one attached hydrogen (secondary N) is 1. The van der Waals surface area contributed by atoms with E-state index in [1.807, 2.05) is 6.92 Å². The van der Waals surface area contributed by atoms with Gasteiger partial charge in [-0.15, -0.1) is 10.2 Å². The van der Waals surface area contributed by atoms with Crippen LogP contribution in [-0.4, -0.2) is 24.9 Å². The highest BCUT2D eigenvalue weighted by atomic mass is 19.1. The van der Waals surface area contributed by atoms with Crippen LogP contribution >= 0.6 is 0 Å². The molecular weight excluding hydrogens is 347 g/mol. The van der Waals surface area contributed by atoms with Crippen LogP contribution in [0.4, 0.5) is 4.39 Å². The van der Waals surface area contributed by atoms with Crippen LogP contribution in [0, 0.1) is 5.82 Å².